The second kappa shape index (κ2) is 4.19. The van der Waals surface area contributed by atoms with E-state index >= 15 is 0 Å². The molecule has 2 heteroatoms. The van der Waals surface area contributed by atoms with Crippen LogP contribution in [0.25, 0.3) is 0 Å². The lowest BCUT2D eigenvalue weighted by Crippen LogP contribution is -2.58. The number of piperazine rings is 1. The van der Waals surface area contributed by atoms with Crippen molar-refractivity contribution in [3.63, 3.8) is 0 Å². The maximum Gasteiger partial charge on any atom is 0.0447 e. The van der Waals surface area contributed by atoms with E-state index in [2.05, 4.69) is 41.0 Å². The van der Waals surface area contributed by atoms with Gasteiger partial charge in [-0.1, -0.05) is 43.2 Å². The summed E-state index contributed by atoms with van der Waals surface area (Å²) in [5.41, 5.74) is 1.83. The van der Waals surface area contributed by atoms with E-state index in [1.807, 2.05) is 0 Å². The van der Waals surface area contributed by atoms with Crippen molar-refractivity contribution in [1.82, 2.24) is 10.6 Å². The Balaban J connectivity index is 1.66. The summed E-state index contributed by atoms with van der Waals surface area (Å²) in [5, 5.41) is 7.49. The highest BCUT2D eigenvalue weighted by Gasteiger charge is 2.37. The Morgan fingerprint density at radius 1 is 1.06 bits per heavy atom. The molecule has 0 bridgehead atoms. The second-order valence-electron chi connectivity index (χ2n) is 5.21. The Bertz CT molecular complexity index is 331. The molecule has 1 atom stereocenters. The molecule has 1 saturated heterocycles. The maximum absolute atomic E-state index is 3.78. The Hall–Kier alpha value is -0.860. The molecule has 1 unspecified atom stereocenters. The van der Waals surface area contributed by atoms with Gasteiger partial charge in [-0.25, -0.2) is 0 Å². The van der Waals surface area contributed by atoms with Gasteiger partial charge in [-0.05, 0) is 18.4 Å². The monoisotopic (exact) mass is 216 g/mol. The van der Waals surface area contributed by atoms with Gasteiger partial charge in [0.15, 0.2) is 0 Å². The van der Waals surface area contributed by atoms with Crippen molar-refractivity contribution in [2.45, 2.75) is 37.3 Å². The standard InChI is InChI=1S/C14H20N2/c1-2-6-12(7-3-1)13-10-16-14(11-15-13)8-4-5-9-14/h1-3,6-7,13,15-16H,4-5,8-11H2. The fourth-order valence-corrected chi connectivity index (χ4v) is 3.10. The number of rotatable bonds is 1. The SMILES string of the molecule is c1ccc(C2CNC3(CCCC3)CN2)cc1. The van der Waals surface area contributed by atoms with E-state index in [1.165, 1.54) is 31.2 Å². The molecule has 0 amide bonds. The minimum absolute atomic E-state index is 0.422. The fourth-order valence-electron chi connectivity index (χ4n) is 3.10. The fraction of sp³-hybridized carbons (Fsp3) is 0.571. The van der Waals surface area contributed by atoms with Crippen molar-refractivity contribution in [2.75, 3.05) is 13.1 Å². The number of benzene rings is 1. The van der Waals surface area contributed by atoms with Crippen molar-refractivity contribution >= 4 is 0 Å². The van der Waals surface area contributed by atoms with Gasteiger partial charge in [-0.15, -0.1) is 0 Å². The summed E-state index contributed by atoms with van der Waals surface area (Å²) in [6.45, 7) is 2.20. The minimum Gasteiger partial charge on any atom is -0.308 e. The van der Waals surface area contributed by atoms with E-state index < -0.39 is 0 Å². The molecule has 1 aliphatic heterocycles. The molecule has 0 radical (unpaired) electrons. The van der Waals surface area contributed by atoms with Gasteiger partial charge in [0.05, 0.1) is 0 Å². The number of nitrogens with one attached hydrogen (secondary N) is 2. The average molecular weight is 216 g/mol. The van der Waals surface area contributed by atoms with E-state index in [9.17, 15) is 0 Å². The molecule has 2 N–H and O–H groups in total. The molecule has 1 heterocycles. The van der Waals surface area contributed by atoms with Crippen LogP contribution in [0.1, 0.15) is 37.3 Å². The van der Waals surface area contributed by atoms with Gasteiger partial charge in [-0.3, -0.25) is 0 Å². The second-order valence-corrected chi connectivity index (χ2v) is 5.21. The van der Waals surface area contributed by atoms with Crippen molar-refractivity contribution in [3.05, 3.63) is 35.9 Å². The molecule has 86 valence electrons. The van der Waals surface area contributed by atoms with Gasteiger partial charge in [0.25, 0.3) is 0 Å². The zero-order valence-electron chi connectivity index (χ0n) is 9.71. The Morgan fingerprint density at radius 3 is 2.44 bits per heavy atom. The smallest absolute Gasteiger partial charge is 0.0447 e. The average Bonchev–Trinajstić information content (AvgIpc) is 2.80. The van der Waals surface area contributed by atoms with Crippen LogP contribution in [0.5, 0.6) is 0 Å². The Labute approximate surface area is 97.4 Å². The lowest BCUT2D eigenvalue weighted by molar-refractivity contribution is 0.240. The highest BCUT2D eigenvalue weighted by molar-refractivity contribution is 5.20. The third kappa shape index (κ3) is 1.87. The van der Waals surface area contributed by atoms with Crippen LogP contribution in [0, 0.1) is 0 Å². The predicted octanol–water partition coefficient (Wildman–Crippen LogP) is 2.23. The summed E-state index contributed by atoms with van der Waals surface area (Å²) in [7, 11) is 0. The summed E-state index contributed by atoms with van der Waals surface area (Å²) in [4.78, 5) is 0. The van der Waals surface area contributed by atoms with Crippen LogP contribution in [-0.2, 0) is 0 Å². The van der Waals surface area contributed by atoms with Gasteiger partial charge in [0.1, 0.15) is 0 Å². The van der Waals surface area contributed by atoms with Crippen LogP contribution >= 0.6 is 0 Å². The van der Waals surface area contributed by atoms with E-state index in [4.69, 9.17) is 0 Å². The largest absolute Gasteiger partial charge is 0.308 e. The highest BCUT2D eigenvalue weighted by Crippen LogP contribution is 2.32. The van der Waals surface area contributed by atoms with Crippen molar-refractivity contribution in [2.24, 2.45) is 0 Å². The van der Waals surface area contributed by atoms with Gasteiger partial charge in [-0.2, -0.15) is 0 Å². The minimum atomic E-state index is 0.422. The molecule has 16 heavy (non-hydrogen) atoms. The summed E-state index contributed by atoms with van der Waals surface area (Å²) in [6.07, 6.45) is 5.48. The van der Waals surface area contributed by atoms with Crippen molar-refractivity contribution < 1.29 is 0 Å². The summed E-state index contributed by atoms with van der Waals surface area (Å²) in [5.74, 6) is 0. The molecule has 3 rings (SSSR count). The third-order valence-corrected chi connectivity index (χ3v) is 4.13. The van der Waals surface area contributed by atoms with E-state index in [-0.39, 0.29) is 0 Å². The Morgan fingerprint density at radius 2 is 1.81 bits per heavy atom. The van der Waals surface area contributed by atoms with Crippen LogP contribution in [0.2, 0.25) is 0 Å². The molecule has 1 saturated carbocycles. The highest BCUT2D eigenvalue weighted by atomic mass is 15.1. The third-order valence-electron chi connectivity index (χ3n) is 4.13. The van der Waals surface area contributed by atoms with E-state index in [1.54, 1.807) is 0 Å². The normalized spacial score (nSPS) is 28.4. The first-order chi connectivity index (χ1) is 7.88. The molecular formula is C14H20N2. The molecule has 1 spiro atoms. The first kappa shape index (κ1) is 10.3. The van der Waals surface area contributed by atoms with Gasteiger partial charge < -0.3 is 10.6 Å². The number of hydrogen-bond donors (Lipinski definition) is 2. The molecule has 1 aromatic carbocycles. The molecule has 2 fully saturated rings. The lowest BCUT2D eigenvalue weighted by Gasteiger charge is -2.39. The van der Waals surface area contributed by atoms with Crippen LogP contribution in [0.3, 0.4) is 0 Å². The van der Waals surface area contributed by atoms with Gasteiger partial charge in [0.2, 0.25) is 0 Å². The molecule has 1 aromatic rings. The number of hydrogen-bond acceptors (Lipinski definition) is 2. The molecule has 1 aliphatic carbocycles. The maximum atomic E-state index is 3.78. The van der Waals surface area contributed by atoms with Crippen LogP contribution < -0.4 is 10.6 Å². The first-order valence-electron chi connectivity index (χ1n) is 6.41. The summed E-state index contributed by atoms with van der Waals surface area (Å²) < 4.78 is 0. The van der Waals surface area contributed by atoms with Crippen molar-refractivity contribution in [1.29, 1.82) is 0 Å². The molecule has 2 aliphatic rings. The van der Waals surface area contributed by atoms with Crippen LogP contribution in [-0.4, -0.2) is 18.6 Å². The molecular weight excluding hydrogens is 196 g/mol. The van der Waals surface area contributed by atoms with Crippen LogP contribution in [0.4, 0.5) is 0 Å². The quantitative estimate of drug-likeness (QED) is 0.752. The van der Waals surface area contributed by atoms with Crippen LogP contribution in [0.15, 0.2) is 30.3 Å². The zero-order chi connectivity index (χ0) is 10.8. The van der Waals surface area contributed by atoms with E-state index in [0.29, 0.717) is 11.6 Å². The summed E-state index contributed by atoms with van der Waals surface area (Å²) >= 11 is 0. The first-order valence-corrected chi connectivity index (χ1v) is 6.41. The molecule has 2 nitrogen and oxygen atoms in total. The zero-order valence-corrected chi connectivity index (χ0v) is 9.71. The predicted molar refractivity (Wildman–Crippen MR) is 66.4 cm³/mol. The Kier molecular flexibility index (Phi) is 2.70. The topological polar surface area (TPSA) is 24.1 Å². The van der Waals surface area contributed by atoms with Gasteiger partial charge in [0, 0.05) is 24.7 Å². The molecule has 0 aromatic heterocycles. The van der Waals surface area contributed by atoms with E-state index in [0.717, 1.165) is 13.1 Å². The van der Waals surface area contributed by atoms with Gasteiger partial charge >= 0.3 is 0 Å². The summed E-state index contributed by atoms with van der Waals surface area (Å²) in [6, 6.07) is 11.2. The van der Waals surface area contributed by atoms with Crippen molar-refractivity contribution in [3.8, 4) is 0 Å². The lowest BCUT2D eigenvalue weighted by atomic mass is 9.92.